The van der Waals surface area contributed by atoms with Crippen molar-refractivity contribution >= 4 is 59.1 Å². The maximum absolute atomic E-state index is 13.9. The van der Waals surface area contributed by atoms with Gasteiger partial charge in [-0.05, 0) is 64.7 Å². The van der Waals surface area contributed by atoms with E-state index in [1.54, 1.807) is 0 Å². The smallest absolute Gasteiger partial charge is 0.222 e. The van der Waals surface area contributed by atoms with Crippen LogP contribution in [0, 0.1) is 0 Å². The summed E-state index contributed by atoms with van der Waals surface area (Å²) in [6.07, 6.45) is -12.4. The Balaban J connectivity index is 1.57. The third kappa shape index (κ3) is 48.1. The van der Waals surface area contributed by atoms with Crippen molar-refractivity contribution < 1.29 is 165 Å². The van der Waals surface area contributed by atoms with E-state index in [0.717, 1.165) is 0 Å². The van der Waals surface area contributed by atoms with E-state index >= 15 is 0 Å². The van der Waals surface area contributed by atoms with Crippen molar-refractivity contribution in [2.45, 2.75) is 228 Å². The number of hydrogen-bond acceptors (Lipinski definition) is 34. The summed E-state index contributed by atoms with van der Waals surface area (Å²) in [6, 6.07) is -3.30. The molecule has 0 aromatic rings. The molecule has 0 spiro atoms. The summed E-state index contributed by atoms with van der Waals surface area (Å²) in [7, 11) is 0. The number of aliphatic hydroxyl groups excluding tert-OH is 9. The molecule has 10 amide bonds. The monoisotopic (exact) mass is 1730 g/mol. The molecule has 3 rings (SSSR count). The lowest BCUT2D eigenvalue weighted by molar-refractivity contribution is -0.270. The fraction of sp³-hybridized carbons (Fsp3) is 0.868. The molecule has 0 radical (unpaired) electrons. The Labute approximate surface area is 700 Å². The summed E-state index contributed by atoms with van der Waals surface area (Å²) >= 11 is 0. The molecular formula is C76H138N10O34. The molecule has 0 saturated carbocycles. The van der Waals surface area contributed by atoms with Gasteiger partial charge in [0.1, 0.15) is 78.6 Å². The first kappa shape index (κ1) is 108. The number of nitrogens with one attached hydrogen (secondary N) is 10. The topological polar surface area (TPSA) is 612 Å². The number of amides is 10. The molecule has 3 aliphatic heterocycles. The van der Waals surface area contributed by atoms with Crippen LogP contribution in [0.5, 0.6) is 0 Å². The second kappa shape index (κ2) is 66.3. The number of rotatable bonds is 71. The molecule has 3 saturated heterocycles. The van der Waals surface area contributed by atoms with Gasteiger partial charge in [-0.1, -0.05) is 0 Å². The van der Waals surface area contributed by atoms with Crippen LogP contribution in [0.25, 0.3) is 0 Å². The zero-order valence-corrected chi connectivity index (χ0v) is 69.9. The third-order valence-corrected chi connectivity index (χ3v) is 18.5. The van der Waals surface area contributed by atoms with Crippen molar-refractivity contribution in [3.63, 3.8) is 0 Å². The van der Waals surface area contributed by atoms with E-state index in [0.29, 0.717) is 111 Å². The van der Waals surface area contributed by atoms with Crippen LogP contribution in [0.1, 0.15) is 130 Å². The van der Waals surface area contributed by atoms with Gasteiger partial charge in [0.2, 0.25) is 59.1 Å². The lowest BCUT2D eigenvalue weighted by Crippen LogP contribution is -2.64. The molecule has 0 bridgehead atoms. The number of ether oxygens (including phenoxy) is 15. The predicted molar refractivity (Wildman–Crippen MR) is 420 cm³/mol. The highest BCUT2D eigenvalue weighted by atomic mass is 16.7. The molecule has 0 aliphatic carbocycles. The second-order valence-electron chi connectivity index (χ2n) is 28.7. The van der Waals surface area contributed by atoms with Crippen LogP contribution in [0.2, 0.25) is 0 Å². The maximum atomic E-state index is 13.9. The molecule has 696 valence electrons. The Morgan fingerprint density at radius 2 is 0.533 bits per heavy atom. The maximum Gasteiger partial charge on any atom is 0.222 e. The molecule has 44 heteroatoms. The highest BCUT2D eigenvalue weighted by Gasteiger charge is 2.48. The molecule has 16 atom stereocenters. The Bertz CT molecular complexity index is 2590. The highest BCUT2D eigenvalue weighted by molar-refractivity contribution is 5.79. The Kier molecular flexibility index (Phi) is 59.6. The molecular weight excluding hydrogens is 1600 g/mol. The van der Waals surface area contributed by atoms with E-state index in [-0.39, 0.29) is 188 Å². The largest absolute Gasteiger partial charge is 0.394 e. The van der Waals surface area contributed by atoms with Gasteiger partial charge in [0.25, 0.3) is 0 Å². The van der Waals surface area contributed by atoms with Gasteiger partial charge >= 0.3 is 0 Å². The zero-order chi connectivity index (χ0) is 88.1. The van der Waals surface area contributed by atoms with E-state index in [4.69, 9.17) is 71.1 Å². The first-order valence-corrected chi connectivity index (χ1v) is 41.4. The zero-order valence-electron chi connectivity index (χ0n) is 69.9. The van der Waals surface area contributed by atoms with Gasteiger partial charge in [-0.25, -0.2) is 0 Å². The fourth-order valence-electron chi connectivity index (χ4n) is 12.1. The van der Waals surface area contributed by atoms with Crippen LogP contribution in [0.15, 0.2) is 0 Å². The van der Waals surface area contributed by atoms with Crippen molar-refractivity contribution in [2.75, 3.05) is 198 Å². The van der Waals surface area contributed by atoms with Gasteiger partial charge in [0, 0.05) is 131 Å². The van der Waals surface area contributed by atoms with Crippen LogP contribution >= 0.6 is 0 Å². The predicted octanol–water partition coefficient (Wildman–Crippen LogP) is -7.17. The average Bonchev–Trinajstić information content (AvgIpc) is 0.817. The van der Waals surface area contributed by atoms with Crippen LogP contribution in [0.3, 0.4) is 0 Å². The molecule has 0 aromatic carbocycles. The molecule has 4 unspecified atom stereocenters. The van der Waals surface area contributed by atoms with E-state index < -0.39 is 159 Å². The van der Waals surface area contributed by atoms with E-state index in [2.05, 4.69) is 53.2 Å². The molecule has 44 nitrogen and oxygen atoms in total. The highest BCUT2D eigenvalue weighted by Crippen LogP contribution is 2.26. The minimum absolute atomic E-state index is 0.0367. The van der Waals surface area contributed by atoms with Crippen molar-refractivity contribution in [1.29, 1.82) is 0 Å². The summed E-state index contributed by atoms with van der Waals surface area (Å²) in [5, 5.41) is 118. The summed E-state index contributed by atoms with van der Waals surface area (Å²) < 4.78 is 85.1. The molecule has 3 fully saturated rings. The molecule has 3 heterocycles. The second-order valence-corrected chi connectivity index (χ2v) is 28.7. The van der Waals surface area contributed by atoms with E-state index in [9.17, 15) is 93.9 Å². The normalized spacial score (nSPS) is 23.4. The summed E-state index contributed by atoms with van der Waals surface area (Å²) in [5.41, 5.74) is -1.50. The van der Waals surface area contributed by atoms with Gasteiger partial charge in [-0.15, -0.1) is 0 Å². The number of carbonyl (C=O) groups excluding carboxylic acids is 10. The van der Waals surface area contributed by atoms with Crippen LogP contribution in [0.4, 0.5) is 0 Å². The first-order valence-electron chi connectivity index (χ1n) is 41.4. The van der Waals surface area contributed by atoms with Crippen molar-refractivity contribution in [3.8, 4) is 0 Å². The molecule has 120 heavy (non-hydrogen) atoms. The molecule has 3 aliphatic rings. The van der Waals surface area contributed by atoms with Gasteiger partial charge in [-0.3, -0.25) is 47.9 Å². The lowest BCUT2D eigenvalue weighted by Gasteiger charge is -2.42. The quantitative estimate of drug-likeness (QED) is 0.0252. The number of hydrogen-bond donors (Lipinski definition) is 19. The number of aliphatic hydroxyl groups is 9. The van der Waals surface area contributed by atoms with Crippen molar-refractivity contribution in [3.05, 3.63) is 0 Å². The van der Waals surface area contributed by atoms with Crippen LogP contribution in [-0.2, 0) is 119 Å². The number of unbranched alkanes of at least 4 members (excludes halogenated alkanes) is 3. The average molecular weight is 1740 g/mol. The fourth-order valence-corrected chi connectivity index (χ4v) is 12.1. The Morgan fingerprint density at radius 3 is 0.792 bits per heavy atom. The number of carbonyl (C=O) groups is 10. The minimum atomic E-state index is -1.50. The van der Waals surface area contributed by atoms with E-state index in [1.807, 2.05) is 6.92 Å². The van der Waals surface area contributed by atoms with Crippen molar-refractivity contribution in [1.82, 2.24) is 53.2 Å². The van der Waals surface area contributed by atoms with Crippen molar-refractivity contribution in [2.24, 2.45) is 0 Å². The summed E-state index contributed by atoms with van der Waals surface area (Å²) in [4.78, 5) is 126. The van der Waals surface area contributed by atoms with Gasteiger partial charge in [0.05, 0.1) is 132 Å². The summed E-state index contributed by atoms with van der Waals surface area (Å²) in [5.74, 6) is -3.98. The van der Waals surface area contributed by atoms with Crippen LogP contribution in [-0.4, -0.2) is 400 Å². The van der Waals surface area contributed by atoms with E-state index in [1.165, 1.54) is 20.8 Å². The van der Waals surface area contributed by atoms with Gasteiger partial charge in [0.15, 0.2) is 18.9 Å². The third-order valence-electron chi connectivity index (χ3n) is 18.5. The summed E-state index contributed by atoms with van der Waals surface area (Å²) in [6.45, 7) is 8.00. The first-order chi connectivity index (χ1) is 57.8. The Morgan fingerprint density at radius 1 is 0.292 bits per heavy atom. The van der Waals surface area contributed by atoms with Gasteiger partial charge in [-0.2, -0.15) is 0 Å². The lowest BCUT2D eigenvalue weighted by atomic mass is 9.97. The molecule has 0 aromatic heterocycles. The SMILES string of the molecule is CCOCCOCCOCCOCCOCCOCCC(=O)NC(COCCC(=O)NCCCNC(=O)CCCCOC1O[C@H](CO)[C@H](O)C(O)[C@H]1NC(C)=O)(COCCC(=O)NCCCNC(=O)CCCCO[C@@H]1O[C@H](CO)[C@H](O)[C@H](O)[C@H]1NC(C)=O)COCCC(=O)NCCCNC(=O)CCCCO[C@@H]1O[C@H](CO)[C@H](O)C(O)[C@H]1NC(C)=O. The standard InChI is InChI=1S/C76H138N10O34/c1-5-106-35-36-108-39-40-110-43-44-111-42-41-109-38-37-107-31-21-63(99)86-76(48-112-32-18-60(96)80-25-12-22-77-57(93)15-6-9-28-115-73-64(83-51(2)90)70(103)67(100)54(45-87)118-73,49-113-33-19-61(97)81-26-13-23-78-58(94)16-7-10-29-116-74-65(84-52(3)91)71(104)68(101)55(46-88)119-74)50-114-34-20-62(98)82-27-14-24-79-59(95)17-8-11-30-117-75-66(85-53(4)92)72(105)69(102)56(47-89)120-75/h54-56,64-75,87-89,100-105H,5-50H2,1-4H3,(H,77,93)(H,78,94)(H,79,95)(H,80,96)(H,81,97)(H,82,98)(H,83,90)(H,84,91)(H,85,92)(H,86,99)/t54-,55-,56-,64-,65-,66-,67+,68+,69+,70-,71?,72?,73-,74-,75?,76?/m1/s1. The van der Waals surface area contributed by atoms with Crippen LogP contribution < -0.4 is 53.2 Å². The van der Waals surface area contributed by atoms with Gasteiger partial charge < -0.3 is 170 Å². The Hall–Kier alpha value is -6.26. The minimum Gasteiger partial charge on any atom is -0.394 e. The molecule has 19 N–H and O–H groups in total.